The van der Waals surface area contributed by atoms with E-state index in [1.807, 2.05) is 44.2 Å². The van der Waals surface area contributed by atoms with E-state index in [1.54, 1.807) is 0 Å². The minimum atomic E-state index is -0.946. The lowest BCUT2D eigenvalue weighted by molar-refractivity contribution is -0.144. The smallest absolute Gasteiger partial charge is 0.307 e. The van der Waals surface area contributed by atoms with Crippen molar-refractivity contribution in [3.63, 3.8) is 0 Å². The van der Waals surface area contributed by atoms with E-state index in [2.05, 4.69) is 0 Å². The molecular formula is C16H23NO3. The Morgan fingerprint density at radius 2 is 1.85 bits per heavy atom. The van der Waals surface area contributed by atoms with Crippen LogP contribution in [0.5, 0.6) is 0 Å². The number of ketones is 1. The molecule has 0 radical (unpaired) electrons. The van der Waals surface area contributed by atoms with Crippen molar-refractivity contribution >= 4 is 11.8 Å². The molecule has 0 aliphatic rings. The number of nitrogens with two attached hydrogens (primary N) is 1. The van der Waals surface area contributed by atoms with E-state index in [0.717, 1.165) is 12.0 Å². The van der Waals surface area contributed by atoms with Crippen LogP contribution in [-0.2, 0) is 16.0 Å². The number of carboxylic acid groups (broad SMARTS) is 1. The summed E-state index contributed by atoms with van der Waals surface area (Å²) in [6, 6.07) is 8.77. The maximum atomic E-state index is 12.1. The highest BCUT2D eigenvalue weighted by Crippen LogP contribution is 2.16. The van der Waals surface area contributed by atoms with Crippen molar-refractivity contribution in [1.29, 1.82) is 0 Å². The average Bonchev–Trinajstić information content (AvgIpc) is 2.45. The average molecular weight is 277 g/mol. The number of hydrogen-bond donors (Lipinski definition) is 2. The van der Waals surface area contributed by atoms with Crippen molar-refractivity contribution in [2.45, 2.75) is 39.2 Å². The van der Waals surface area contributed by atoms with Crippen molar-refractivity contribution in [3.8, 4) is 0 Å². The van der Waals surface area contributed by atoms with Crippen LogP contribution in [0.2, 0.25) is 0 Å². The van der Waals surface area contributed by atoms with Crippen LogP contribution < -0.4 is 5.73 Å². The van der Waals surface area contributed by atoms with E-state index in [-0.39, 0.29) is 18.1 Å². The van der Waals surface area contributed by atoms with E-state index in [4.69, 9.17) is 5.73 Å². The summed E-state index contributed by atoms with van der Waals surface area (Å²) in [6.45, 7) is 3.88. The maximum absolute atomic E-state index is 12.1. The Kier molecular flexibility index (Phi) is 6.39. The first kappa shape index (κ1) is 16.4. The Bertz CT molecular complexity index is 444. The van der Waals surface area contributed by atoms with Gasteiger partial charge < -0.3 is 10.8 Å². The lowest BCUT2D eigenvalue weighted by Gasteiger charge is -2.19. The number of hydrogen-bond acceptors (Lipinski definition) is 3. The van der Waals surface area contributed by atoms with E-state index >= 15 is 0 Å². The van der Waals surface area contributed by atoms with Gasteiger partial charge >= 0.3 is 5.97 Å². The summed E-state index contributed by atoms with van der Waals surface area (Å²) < 4.78 is 0. The third-order valence-corrected chi connectivity index (χ3v) is 3.75. The van der Waals surface area contributed by atoms with Gasteiger partial charge in [-0.05, 0) is 17.9 Å². The van der Waals surface area contributed by atoms with Gasteiger partial charge in [-0.25, -0.2) is 0 Å². The van der Waals surface area contributed by atoms with Crippen molar-refractivity contribution in [2.75, 3.05) is 0 Å². The van der Waals surface area contributed by atoms with Crippen molar-refractivity contribution in [2.24, 2.45) is 17.6 Å². The van der Waals surface area contributed by atoms with E-state index in [0.29, 0.717) is 6.42 Å². The first-order chi connectivity index (χ1) is 9.45. The van der Waals surface area contributed by atoms with Crippen LogP contribution in [-0.4, -0.2) is 22.9 Å². The van der Waals surface area contributed by atoms with Crippen LogP contribution in [0, 0.1) is 11.8 Å². The van der Waals surface area contributed by atoms with Crippen molar-refractivity contribution < 1.29 is 14.7 Å². The van der Waals surface area contributed by atoms with Gasteiger partial charge in [-0.2, -0.15) is 0 Å². The molecule has 3 N–H and O–H groups in total. The molecule has 0 aromatic heterocycles. The number of aliphatic carboxylic acids is 1. The molecular weight excluding hydrogens is 254 g/mol. The molecule has 20 heavy (non-hydrogen) atoms. The van der Waals surface area contributed by atoms with Crippen LogP contribution in [0.4, 0.5) is 0 Å². The number of Topliss-reactive ketones (excluding diaryl/α,β-unsaturated/α-hetero) is 1. The molecule has 0 heterocycles. The number of carbonyl (C=O) groups is 2. The fourth-order valence-electron chi connectivity index (χ4n) is 2.10. The van der Waals surface area contributed by atoms with Gasteiger partial charge in [-0.3, -0.25) is 9.59 Å². The Labute approximate surface area is 120 Å². The molecule has 1 aromatic carbocycles. The van der Waals surface area contributed by atoms with E-state index in [9.17, 15) is 14.7 Å². The fourth-order valence-corrected chi connectivity index (χ4v) is 2.10. The van der Waals surface area contributed by atoms with Gasteiger partial charge in [-0.1, -0.05) is 50.6 Å². The third kappa shape index (κ3) is 4.78. The van der Waals surface area contributed by atoms with Gasteiger partial charge in [0.25, 0.3) is 0 Å². The van der Waals surface area contributed by atoms with Crippen LogP contribution in [0.25, 0.3) is 0 Å². The largest absolute Gasteiger partial charge is 0.481 e. The molecule has 110 valence electrons. The number of rotatable bonds is 8. The lowest BCUT2D eigenvalue weighted by Crippen LogP contribution is -2.38. The molecule has 1 aromatic rings. The summed E-state index contributed by atoms with van der Waals surface area (Å²) in [5, 5.41) is 9.27. The van der Waals surface area contributed by atoms with Gasteiger partial charge in [0.05, 0.1) is 12.0 Å². The lowest BCUT2D eigenvalue weighted by atomic mass is 9.88. The molecule has 3 atom stereocenters. The first-order valence-corrected chi connectivity index (χ1v) is 7.00. The monoisotopic (exact) mass is 277 g/mol. The molecule has 0 unspecified atom stereocenters. The predicted octanol–water partition coefficient (Wildman–Crippen LogP) is 2.26. The summed E-state index contributed by atoms with van der Waals surface area (Å²) in [5.74, 6) is -1.74. The molecule has 0 aliphatic heterocycles. The van der Waals surface area contributed by atoms with Crippen LogP contribution >= 0.6 is 0 Å². The van der Waals surface area contributed by atoms with Gasteiger partial charge in [0.1, 0.15) is 0 Å². The van der Waals surface area contributed by atoms with Crippen molar-refractivity contribution in [3.05, 3.63) is 35.9 Å². The van der Waals surface area contributed by atoms with E-state index in [1.165, 1.54) is 0 Å². The highest BCUT2D eigenvalue weighted by Gasteiger charge is 2.26. The zero-order valence-electron chi connectivity index (χ0n) is 12.1. The highest BCUT2D eigenvalue weighted by atomic mass is 16.4. The summed E-state index contributed by atoms with van der Waals surface area (Å²) in [5.41, 5.74) is 6.79. The summed E-state index contributed by atoms with van der Waals surface area (Å²) in [4.78, 5) is 23.4. The summed E-state index contributed by atoms with van der Waals surface area (Å²) in [7, 11) is 0. The molecule has 0 saturated heterocycles. The normalized spacial score (nSPS) is 15.3. The second-order valence-corrected chi connectivity index (χ2v) is 5.31. The zero-order valence-corrected chi connectivity index (χ0v) is 12.1. The maximum Gasteiger partial charge on any atom is 0.307 e. The second kappa shape index (κ2) is 7.80. The second-order valence-electron chi connectivity index (χ2n) is 5.31. The van der Waals surface area contributed by atoms with Crippen LogP contribution in [0.15, 0.2) is 30.3 Å². The standard InChI is InChI=1S/C16H23NO3/c1-3-11(2)15(17)14(18)10-13(16(19)20)9-12-7-5-4-6-8-12/h4-8,11,13,15H,3,9-10,17H2,1-2H3,(H,19,20)/t11-,13-,15-/m0/s1. The van der Waals surface area contributed by atoms with Crippen LogP contribution in [0.1, 0.15) is 32.3 Å². The minimum absolute atomic E-state index is 0.00423. The Hall–Kier alpha value is -1.68. The summed E-state index contributed by atoms with van der Waals surface area (Å²) >= 11 is 0. The minimum Gasteiger partial charge on any atom is -0.481 e. The molecule has 0 aliphatic carbocycles. The molecule has 0 bridgehead atoms. The molecule has 0 saturated carbocycles. The highest BCUT2D eigenvalue weighted by molar-refractivity contribution is 5.88. The molecule has 0 spiro atoms. The van der Waals surface area contributed by atoms with Gasteiger partial charge in [0.15, 0.2) is 5.78 Å². The van der Waals surface area contributed by atoms with Crippen LogP contribution in [0.3, 0.4) is 0 Å². The Balaban J connectivity index is 2.68. The predicted molar refractivity (Wildman–Crippen MR) is 78.3 cm³/mol. The topological polar surface area (TPSA) is 80.4 Å². The van der Waals surface area contributed by atoms with Gasteiger partial charge in [0, 0.05) is 6.42 Å². The third-order valence-electron chi connectivity index (χ3n) is 3.75. The molecule has 0 fully saturated rings. The fraction of sp³-hybridized carbons (Fsp3) is 0.500. The Morgan fingerprint density at radius 3 is 2.35 bits per heavy atom. The quantitative estimate of drug-likeness (QED) is 0.763. The molecule has 4 nitrogen and oxygen atoms in total. The first-order valence-electron chi connectivity index (χ1n) is 7.00. The number of benzene rings is 1. The Morgan fingerprint density at radius 1 is 1.25 bits per heavy atom. The van der Waals surface area contributed by atoms with Gasteiger partial charge in [0.2, 0.25) is 0 Å². The summed E-state index contributed by atoms with van der Waals surface area (Å²) in [6.07, 6.45) is 1.16. The molecule has 4 heteroatoms. The van der Waals surface area contributed by atoms with E-state index < -0.39 is 17.9 Å². The zero-order chi connectivity index (χ0) is 15.1. The molecule has 1 rings (SSSR count). The number of carbonyl (C=O) groups excluding carboxylic acids is 1. The SMILES string of the molecule is CC[C@H](C)[C@H](N)C(=O)C[C@H](Cc1ccccc1)C(=O)O. The van der Waals surface area contributed by atoms with Crippen molar-refractivity contribution in [1.82, 2.24) is 0 Å². The molecule has 0 amide bonds. The van der Waals surface area contributed by atoms with Gasteiger partial charge in [-0.15, -0.1) is 0 Å². The number of carboxylic acids is 1.